The molecule has 0 saturated heterocycles. The molecule has 2 aromatic heterocycles. The number of carbonyl (C=O) groups excluding carboxylic acids is 2. The summed E-state index contributed by atoms with van der Waals surface area (Å²) in [5, 5.41) is 11.2. The Bertz CT molecular complexity index is 1320. The molecule has 2 aromatic carbocycles. The van der Waals surface area contributed by atoms with E-state index in [9.17, 15) is 9.59 Å². The maximum Gasteiger partial charge on any atom is 0.249 e. The summed E-state index contributed by atoms with van der Waals surface area (Å²) in [5.74, 6) is -0.635. The summed E-state index contributed by atoms with van der Waals surface area (Å²) in [4.78, 5) is 33.1. The van der Waals surface area contributed by atoms with Gasteiger partial charge in [0.15, 0.2) is 0 Å². The van der Waals surface area contributed by atoms with Crippen molar-refractivity contribution in [2.75, 3.05) is 25.2 Å². The minimum Gasteiger partial charge on any atom is -0.383 e. The average molecular weight is 473 g/mol. The highest BCUT2D eigenvalue weighted by atomic mass is 16.5. The van der Waals surface area contributed by atoms with Crippen LogP contribution >= 0.6 is 0 Å². The molecule has 2 amide bonds. The molecule has 0 saturated carbocycles. The fourth-order valence-corrected chi connectivity index (χ4v) is 3.88. The number of carbonyl (C=O) groups is 2. The van der Waals surface area contributed by atoms with E-state index in [1.165, 1.54) is 4.90 Å². The second-order valence-electron chi connectivity index (χ2n) is 8.24. The highest BCUT2D eigenvalue weighted by molar-refractivity contribution is 6.01. The second-order valence-corrected chi connectivity index (χ2v) is 8.24. The number of benzene rings is 2. The van der Waals surface area contributed by atoms with E-state index in [1.54, 1.807) is 36.3 Å². The van der Waals surface area contributed by atoms with Gasteiger partial charge < -0.3 is 10.1 Å². The van der Waals surface area contributed by atoms with Crippen molar-refractivity contribution >= 4 is 28.5 Å². The molecule has 0 radical (unpaired) electrons. The quantitative estimate of drug-likeness (QED) is 0.376. The summed E-state index contributed by atoms with van der Waals surface area (Å²) >= 11 is 0. The number of nitrogens with one attached hydrogen (secondary N) is 1. The van der Waals surface area contributed by atoms with Crippen LogP contribution in [0.5, 0.6) is 0 Å². The number of fused-ring (bicyclic) bond motifs is 1. The van der Waals surface area contributed by atoms with Crippen LogP contribution in [0.2, 0.25) is 0 Å². The third kappa shape index (κ3) is 5.36. The Morgan fingerprint density at radius 1 is 1.09 bits per heavy atom. The predicted molar refractivity (Wildman–Crippen MR) is 133 cm³/mol. The summed E-state index contributed by atoms with van der Waals surface area (Å²) in [6.45, 7) is 4.56. The normalized spacial score (nSPS) is 11.9. The van der Waals surface area contributed by atoms with Gasteiger partial charge in [-0.1, -0.05) is 29.5 Å². The molecule has 4 aromatic rings. The molecule has 1 atom stereocenters. The van der Waals surface area contributed by atoms with Crippen molar-refractivity contribution in [3.63, 3.8) is 0 Å². The number of amides is 2. The highest BCUT2D eigenvalue weighted by Crippen LogP contribution is 2.30. The first-order chi connectivity index (χ1) is 17.0. The molecule has 0 fully saturated rings. The Balaban J connectivity index is 1.78. The van der Waals surface area contributed by atoms with E-state index in [-0.39, 0.29) is 18.4 Å². The minimum atomic E-state index is -0.940. The number of hydrogen-bond donors (Lipinski definition) is 1. The molecule has 0 aliphatic rings. The van der Waals surface area contributed by atoms with Crippen molar-refractivity contribution in [2.24, 2.45) is 0 Å². The zero-order valence-electron chi connectivity index (χ0n) is 20.0. The Kier molecular flexibility index (Phi) is 7.47. The Labute approximate surface area is 203 Å². The number of aromatic nitrogens is 4. The van der Waals surface area contributed by atoms with Crippen LogP contribution in [-0.2, 0) is 20.9 Å². The van der Waals surface area contributed by atoms with Crippen molar-refractivity contribution in [1.82, 2.24) is 25.3 Å². The Morgan fingerprint density at radius 3 is 2.66 bits per heavy atom. The predicted octanol–water partition coefficient (Wildman–Crippen LogP) is 2.98. The molecule has 0 bridgehead atoms. The van der Waals surface area contributed by atoms with Crippen molar-refractivity contribution in [3.8, 4) is 0 Å². The van der Waals surface area contributed by atoms with Gasteiger partial charge >= 0.3 is 0 Å². The van der Waals surface area contributed by atoms with E-state index in [0.29, 0.717) is 29.9 Å². The third-order valence-electron chi connectivity index (χ3n) is 5.85. The van der Waals surface area contributed by atoms with Crippen LogP contribution in [-0.4, -0.2) is 52.1 Å². The molecule has 35 heavy (non-hydrogen) atoms. The van der Waals surface area contributed by atoms with Crippen LogP contribution in [0.1, 0.15) is 22.7 Å². The number of rotatable bonds is 9. The number of anilines is 1. The van der Waals surface area contributed by atoms with E-state index in [0.717, 1.165) is 16.6 Å². The molecule has 1 N–H and O–H groups in total. The van der Waals surface area contributed by atoms with Crippen LogP contribution in [0.25, 0.3) is 11.0 Å². The minimum absolute atomic E-state index is 0.0877. The molecule has 2 heterocycles. The molecule has 1 unspecified atom stereocenters. The first-order valence-corrected chi connectivity index (χ1v) is 11.3. The summed E-state index contributed by atoms with van der Waals surface area (Å²) in [7, 11) is 1.57. The summed E-state index contributed by atoms with van der Waals surface area (Å²) < 4.78 is 6.63. The van der Waals surface area contributed by atoms with Crippen LogP contribution in [0.3, 0.4) is 0 Å². The van der Waals surface area contributed by atoms with Gasteiger partial charge in [0.2, 0.25) is 11.8 Å². The number of hydrogen-bond acceptors (Lipinski definition) is 6. The lowest BCUT2D eigenvalue weighted by molar-refractivity contribution is -0.127. The molecule has 9 heteroatoms. The van der Waals surface area contributed by atoms with E-state index in [2.05, 4.69) is 20.6 Å². The molecule has 0 spiro atoms. The Morgan fingerprint density at radius 2 is 1.91 bits per heavy atom. The second kappa shape index (κ2) is 10.9. The molecule has 180 valence electrons. The molecule has 0 aliphatic carbocycles. The van der Waals surface area contributed by atoms with Gasteiger partial charge in [0.05, 0.1) is 12.1 Å². The fraction of sp³-hybridized carbons (Fsp3) is 0.269. The van der Waals surface area contributed by atoms with Gasteiger partial charge in [0.1, 0.15) is 18.1 Å². The number of aryl methyl sites for hydroxylation is 2. The molecular weight excluding hydrogens is 444 g/mol. The van der Waals surface area contributed by atoms with Crippen LogP contribution in [0, 0.1) is 13.8 Å². The average Bonchev–Trinajstić information content (AvgIpc) is 3.27. The summed E-state index contributed by atoms with van der Waals surface area (Å²) in [6.07, 6.45) is 3.24. The SMILES string of the molecule is COCCNC(=O)C(c1cccnc1)N(C(=O)Cn1nnc2ccccc21)c1ccc(C)c(C)c1. The van der Waals surface area contributed by atoms with Gasteiger partial charge in [-0.15, -0.1) is 5.10 Å². The van der Waals surface area contributed by atoms with E-state index in [4.69, 9.17) is 4.74 Å². The highest BCUT2D eigenvalue weighted by Gasteiger charge is 2.33. The molecule has 4 rings (SSSR count). The number of pyridine rings is 1. The van der Waals surface area contributed by atoms with Crippen LogP contribution in [0.15, 0.2) is 67.0 Å². The number of ether oxygens (including phenoxy) is 1. The smallest absolute Gasteiger partial charge is 0.249 e. The summed E-state index contributed by atoms with van der Waals surface area (Å²) in [6, 6.07) is 15.7. The lowest BCUT2D eigenvalue weighted by Crippen LogP contribution is -2.46. The van der Waals surface area contributed by atoms with Gasteiger partial charge in [0, 0.05) is 37.3 Å². The van der Waals surface area contributed by atoms with Crippen molar-refractivity contribution in [3.05, 3.63) is 83.7 Å². The first kappa shape index (κ1) is 24.0. The van der Waals surface area contributed by atoms with Gasteiger partial charge in [-0.05, 0) is 55.3 Å². The van der Waals surface area contributed by atoms with Crippen molar-refractivity contribution < 1.29 is 14.3 Å². The van der Waals surface area contributed by atoms with Gasteiger partial charge in [-0.25, -0.2) is 4.68 Å². The number of para-hydroxylation sites is 1. The van der Waals surface area contributed by atoms with E-state index >= 15 is 0 Å². The topological polar surface area (TPSA) is 102 Å². The standard InChI is InChI=1S/C26H28N6O3/c1-18-10-11-21(15-19(18)2)32(24(33)17-31-23-9-5-4-8-22(23)29-30-31)25(20-7-6-12-27-16-20)26(34)28-13-14-35-3/h4-12,15-16,25H,13-14,17H2,1-3H3,(H,28,34). The molecule has 9 nitrogen and oxygen atoms in total. The third-order valence-corrected chi connectivity index (χ3v) is 5.85. The monoisotopic (exact) mass is 472 g/mol. The zero-order valence-corrected chi connectivity index (χ0v) is 20.0. The lowest BCUT2D eigenvalue weighted by Gasteiger charge is -2.31. The van der Waals surface area contributed by atoms with Crippen LogP contribution < -0.4 is 10.2 Å². The Hall–Kier alpha value is -4.11. The maximum absolute atomic E-state index is 13.9. The lowest BCUT2D eigenvalue weighted by atomic mass is 10.0. The van der Waals surface area contributed by atoms with Crippen molar-refractivity contribution in [2.45, 2.75) is 26.4 Å². The van der Waals surface area contributed by atoms with Gasteiger partial charge in [0.25, 0.3) is 0 Å². The van der Waals surface area contributed by atoms with Gasteiger partial charge in [-0.3, -0.25) is 19.5 Å². The fourth-order valence-electron chi connectivity index (χ4n) is 3.88. The van der Waals surface area contributed by atoms with Gasteiger partial charge in [-0.2, -0.15) is 0 Å². The molecular formula is C26H28N6O3. The van der Waals surface area contributed by atoms with E-state index in [1.807, 2.05) is 56.3 Å². The maximum atomic E-state index is 13.9. The van der Waals surface area contributed by atoms with E-state index < -0.39 is 6.04 Å². The molecule has 0 aliphatic heterocycles. The zero-order chi connectivity index (χ0) is 24.8. The number of methoxy groups -OCH3 is 1. The van der Waals surface area contributed by atoms with Crippen LogP contribution in [0.4, 0.5) is 5.69 Å². The van der Waals surface area contributed by atoms with Crippen molar-refractivity contribution in [1.29, 1.82) is 0 Å². The summed E-state index contributed by atoms with van der Waals surface area (Å²) in [5.41, 5.74) is 4.74. The first-order valence-electron chi connectivity index (χ1n) is 11.3. The largest absolute Gasteiger partial charge is 0.383 e. The number of nitrogens with zero attached hydrogens (tertiary/aromatic N) is 5.